The van der Waals surface area contributed by atoms with Crippen LogP contribution in [-0.4, -0.2) is 16.2 Å². The van der Waals surface area contributed by atoms with E-state index < -0.39 is 0 Å². The predicted octanol–water partition coefficient (Wildman–Crippen LogP) is -0.302. The lowest BCUT2D eigenvalue weighted by molar-refractivity contribution is 0.455. The van der Waals surface area contributed by atoms with E-state index in [0.29, 0.717) is 0 Å². The molecule has 0 amide bonds. The fourth-order valence-electron chi connectivity index (χ4n) is 0.817. The first-order valence-electron chi connectivity index (χ1n) is 3.46. The average Bonchev–Trinajstić information content (AvgIpc) is 2.11. The third-order valence-electron chi connectivity index (χ3n) is 1.41. The van der Waals surface area contributed by atoms with Gasteiger partial charge in [0.1, 0.15) is 17.2 Å². The molecule has 0 spiro atoms. The van der Waals surface area contributed by atoms with Gasteiger partial charge in [-0.2, -0.15) is 0 Å². The van der Waals surface area contributed by atoms with E-state index in [1.165, 1.54) is 18.2 Å². The van der Waals surface area contributed by atoms with Crippen LogP contribution in [0.2, 0.25) is 0 Å². The van der Waals surface area contributed by atoms with E-state index in [2.05, 4.69) is 10.4 Å². The molecule has 1 aromatic carbocycles. The molecule has 0 aromatic heterocycles. The van der Waals surface area contributed by atoms with Crippen molar-refractivity contribution in [2.24, 2.45) is 16.7 Å². The van der Waals surface area contributed by atoms with Crippen LogP contribution in [0, 0.1) is 0 Å². The number of para-hydroxylation sites is 1. The molecule has 0 heterocycles. The highest BCUT2D eigenvalue weighted by molar-refractivity contribution is 5.95. The number of hydrazone groups is 1. The molecule has 0 saturated heterocycles. The van der Waals surface area contributed by atoms with Gasteiger partial charge in [-0.1, -0.05) is 6.07 Å². The standard InChI is InChI=1S/C7H10N4O2/c8-7(11-9)10-6-4(12)2-1-3-5(6)13/h1-3,12-13H,9H2,(H3,8,10,11). The van der Waals surface area contributed by atoms with E-state index in [1.54, 1.807) is 0 Å². The molecular formula is C7H10N4O2. The van der Waals surface area contributed by atoms with Crippen molar-refractivity contribution in [3.63, 3.8) is 0 Å². The van der Waals surface area contributed by atoms with Crippen LogP contribution in [0.5, 0.6) is 11.5 Å². The van der Waals surface area contributed by atoms with Gasteiger partial charge < -0.3 is 27.1 Å². The Labute approximate surface area is 74.5 Å². The van der Waals surface area contributed by atoms with Crippen LogP contribution >= 0.6 is 0 Å². The second-order valence-electron chi connectivity index (χ2n) is 2.31. The summed E-state index contributed by atoms with van der Waals surface area (Å²) in [4.78, 5) is 0. The molecule has 0 saturated carbocycles. The molecule has 6 nitrogen and oxygen atoms in total. The van der Waals surface area contributed by atoms with Gasteiger partial charge >= 0.3 is 0 Å². The quantitative estimate of drug-likeness (QED) is 0.134. The number of rotatable bonds is 1. The Morgan fingerprint density at radius 1 is 1.31 bits per heavy atom. The van der Waals surface area contributed by atoms with Crippen LogP contribution in [0.4, 0.5) is 5.69 Å². The Kier molecular flexibility index (Phi) is 2.44. The molecule has 0 unspecified atom stereocenters. The number of aromatic hydroxyl groups is 2. The van der Waals surface area contributed by atoms with Crippen molar-refractivity contribution in [2.75, 3.05) is 5.32 Å². The van der Waals surface area contributed by atoms with Crippen molar-refractivity contribution in [2.45, 2.75) is 0 Å². The monoisotopic (exact) mass is 182 g/mol. The maximum Gasteiger partial charge on any atom is 0.215 e. The number of guanidine groups is 1. The highest BCUT2D eigenvalue weighted by atomic mass is 16.3. The number of phenolic OH excluding ortho intramolecular Hbond substituents is 2. The number of nitrogens with one attached hydrogen (secondary N) is 1. The van der Waals surface area contributed by atoms with Crippen molar-refractivity contribution in [1.29, 1.82) is 0 Å². The molecular weight excluding hydrogens is 172 g/mol. The van der Waals surface area contributed by atoms with Crippen LogP contribution in [0.25, 0.3) is 0 Å². The lowest BCUT2D eigenvalue weighted by Gasteiger charge is -2.07. The fraction of sp³-hybridized carbons (Fsp3) is 0. The van der Waals surface area contributed by atoms with E-state index >= 15 is 0 Å². The molecule has 70 valence electrons. The van der Waals surface area contributed by atoms with Gasteiger partial charge in [0.15, 0.2) is 0 Å². The van der Waals surface area contributed by atoms with E-state index in [0.717, 1.165) is 0 Å². The Bertz CT molecular complexity index is 317. The van der Waals surface area contributed by atoms with Crippen LogP contribution < -0.4 is 16.9 Å². The molecule has 1 rings (SSSR count). The number of benzene rings is 1. The summed E-state index contributed by atoms with van der Waals surface area (Å²) in [5.74, 6) is 4.49. The predicted molar refractivity (Wildman–Crippen MR) is 49.2 cm³/mol. The summed E-state index contributed by atoms with van der Waals surface area (Å²) in [7, 11) is 0. The lowest BCUT2D eigenvalue weighted by Crippen LogP contribution is -2.23. The zero-order valence-corrected chi connectivity index (χ0v) is 6.73. The summed E-state index contributed by atoms with van der Waals surface area (Å²) < 4.78 is 0. The van der Waals surface area contributed by atoms with Gasteiger partial charge in [0.05, 0.1) is 0 Å². The Hall–Kier alpha value is -2.11. The molecule has 13 heavy (non-hydrogen) atoms. The van der Waals surface area contributed by atoms with Gasteiger partial charge in [-0.3, -0.25) is 0 Å². The SMILES string of the molecule is N/N=C(\N)Nc1c(O)cccc1O. The van der Waals surface area contributed by atoms with Crippen molar-refractivity contribution in [3.05, 3.63) is 18.2 Å². The first-order valence-corrected chi connectivity index (χ1v) is 3.46. The molecule has 6 heteroatoms. The van der Waals surface area contributed by atoms with E-state index in [1.807, 2.05) is 0 Å². The molecule has 0 atom stereocenters. The molecule has 7 N–H and O–H groups in total. The first-order chi connectivity index (χ1) is 6.15. The minimum absolute atomic E-state index is 0.0780. The largest absolute Gasteiger partial charge is 0.506 e. The number of anilines is 1. The third-order valence-corrected chi connectivity index (χ3v) is 1.41. The molecule has 0 radical (unpaired) electrons. The zero-order chi connectivity index (χ0) is 9.84. The number of nitrogens with zero attached hydrogens (tertiary/aromatic N) is 1. The van der Waals surface area contributed by atoms with Crippen LogP contribution in [-0.2, 0) is 0 Å². The summed E-state index contributed by atoms with van der Waals surface area (Å²) in [6.45, 7) is 0. The fourth-order valence-corrected chi connectivity index (χ4v) is 0.817. The van der Waals surface area contributed by atoms with E-state index in [-0.39, 0.29) is 23.1 Å². The molecule has 0 aliphatic carbocycles. The van der Waals surface area contributed by atoms with E-state index in [9.17, 15) is 10.2 Å². The molecule has 0 fully saturated rings. The first kappa shape index (κ1) is 8.98. The summed E-state index contributed by atoms with van der Waals surface area (Å²) in [5, 5.41) is 24.1. The lowest BCUT2D eigenvalue weighted by atomic mass is 10.2. The minimum atomic E-state index is -0.133. The van der Waals surface area contributed by atoms with Crippen molar-refractivity contribution in [3.8, 4) is 11.5 Å². The average molecular weight is 182 g/mol. The highest BCUT2D eigenvalue weighted by Crippen LogP contribution is 2.31. The number of nitrogens with two attached hydrogens (primary N) is 2. The summed E-state index contributed by atoms with van der Waals surface area (Å²) in [5.41, 5.74) is 5.31. The van der Waals surface area contributed by atoms with Gasteiger partial charge in [-0.05, 0) is 12.1 Å². The maximum absolute atomic E-state index is 9.26. The van der Waals surface area contributed by atoms with Crippen molar-refractivity contribution >= 4 is 11.6 Å². The molecule has 0 aliphatic rings. The van der Waals surface area contributed by atoms with Crippen LogP contribution in [0.1, 0.15) is 0 Å². The number of hydrogen-bond acceptors (Lipinski definition) is 4. The number of phenols is 2. The van der Waals surface area contributed by atoms with Crippen molar-refractivity contribution in [1.82, 2.24) is 0 Å². The summed E-state index contributed by atoms with van der Waals surface area (Å²) >= 11 is 0. The maximum atomic E-state index is 9.26. The summed E-state index contributed by atoms with van der Waals surface area (Å²) in [6.07, 6.45) is 0. The Balaban J connectivity index is 3.00. The summed E-state index contributed by atoms with van der Waals surface area (Å²) in [6, 6.07) is 4.28. The smallest absolute Gasteiger partial charge is 0.215 e. The van der Waals surface area contributed by atoms with Gasteiger partial charge in [-0.25, -0.2) is 0 Å². The van der Waals surface area contributed by atoms with Gasteiger partial charge in [0.2, 0.25) is 5.96 Å². The Morgan fingerprint density at radius 2 is 1.85 bits per heavy atom. The van der Waals surface area contributed by atoms with Crippen molar-refractivity contribution < 1.29 is 10.2 Å². The second-order valence-corrected chi connectivity index (χ2v) is 2.31. The minimum Gasteiger partial charge on any atom is -0.506 e. The topological polar surface area (TPSA) is 117 Å². The molecule has 0 bridgehead atoms. The second kappa shape index (κ2) is 3.53. The molecule has 0 aliphatic heterocycles. The molecule has 1 aromatic rings. The van der Waals surface area contributed by atoms with E-state index in [4.69, 9.17) is 11.6 Å². The van der Waals surface area contributed by atoms with Crippen LogP contribution in [0.3, 0.4) is 0 Å². The highest BCUT2D eigenvalue weighted by Gasteiger charge is 2.06. The van der Waals surface area contributed by atoms with Gasteiger partial charge in [0.25, 0.3) is 0 Å². The van der Waals surface area contributed by atoms with Gasteiger partial charge in [0, 0.05) is 0 Å². The third kappa shape index (κ3) is 1.92. The number of hydrogen-bond donors (Lipinski definition) is 5. The Morgan fingerprint density at radius 3 is 2.31 bits per heavy atom. The zero-order valence-electron chi connectivity index (χ0n) is 6.73. The normalized spacial score (nSPS) is 11.2. The van der Waals surface area contributed by atoms with Gasteiger partial charge in [-0.15, -0.1) is 5.10 Å². The van der Waals surface area contributed by atoms with Crippen LogP contribution in [0.15, 0.2) is 23.3 Å².